The monoisotopic (exact) mass is 370 g/mol. The number of nitrogens with zero attached hydrogens (tertiary/aromatic N) is 4. The molecule has 0 aromatic carbocycles. The number of aryl methyl sites for hydroxylation is 1. The lowest BCUT2D eigenvalue weighted by atomic mass is 10.2. The molecule has 1 amide bonds. The van der Waals surface area contributed by atoms with Crippen molar-refractivity contribution in [3.8, 4) is 0 Å². The molecule has 0 bridgehead atoms. The maximum absolute atomic E-state index is 12.4. The molecule has 1 aliphatic rings. The number of carbonyl (C=O) groups is 2. The topological polar surface area (TPSA) is 67.7 Å². The second kappa shape index (κ2) is 9.20. The number of esters is 1. The van der Waals surface area contributed by atoms with Crippen molar-refractivity contribution >= 4 is 23.5 Å². The molecular formula is C17H27ClN4O3. The lowest BCUT2D eigenvalue weighted by Gasteiger charge is -2.20. The van der Waals surface area contributed by atoms with Crippen LogP contribution in [0.5, 0.6) is 0 Å². The molecule has 1 atom stereocenters. The zero-order chi connectivity index (χ0) is 18.4. The summed E-state index contributed by atoms with van der Waals surface area (Å²) in [6, 6.07) is 0.435. The second-order valence-corrected chi connectivity index (χ2v) is 6.84. The zero-order valence-electron chi connectivity index (χ0n) is 15.2. The van der Waals surface area contributed by atoms with Gasteiger partial charge in [0.25, 0.3) is 0 Å². The van der Waals surface area contributed by atoms with E-state index < -0.39 is 0 Å². The predicted octanol–water partition coefficient (Wildman–Crippen LogP) is 1.58. The molecule has 0 spiro atoms. The van der Waals surface area contributed by atoms with Crippen LogP contribution < -0.4 is 0 Å². The van der Waals surface area contributed by atoms with Crippen LogP contribution in [0, 0.1) is 0 Å². The molecule has 0 N–H and O–H groups in total. The zero-order valence-corrected chi connectivity index (χ0v) is 16.0. The molecule has 1 fully saturated rings. The van der Waals surface area contributed by atoms with Gasteiger partial charge in [-0.2, -0.15) is 0 Å². The Hall–Kier alpha value is -1.60. The molecular weight excluding hydrogens is 344 g/mol. The third-order valence-electron chi connectivity index (χ3n) is 4.54. The average molecular weight is 371 g/mol. The van der Waals surface area contributed by atoms with E-state index in [1.165, 1.54) is 0 Å². The van der Waals surface area contributed by atoms with Crippen LogP contribution in [0.15, 0.2) is 6.20 Å². The Bertz CT molecular complexity index is 603. The summed E-state index contributed by atoms with van der Waals surface area (Å²) >= 11 is 6.15. The molecule has 1 saturated heterocycles. The molecule has 1 aromatic rings. The first-order chi connectivity index (χ1) is 11.9. The van der Waals surface area contributed by atoms with Crippen molar-refractivity contribution in [1.29, 1.82) is 0 Å². The number of halogens is 1. The molecule has 1 aromatic heterocycles. The molecule has 25 heavy (non-hydrogen) atoms. The first kappa shape index (κ1) is 19.7. The van der Waals surface area contributed by atoms with Crippen molar-refractivity contribution in [2.24, 2.45) is 0 Å². The van der Waals surface area contributed by atoms with E-state index in [2.05, 4.69) is 9.88 Å². The van der Waals surface area contributed by atoms with Gasteiger partial charge < -0.3 is 19.1 Å². The third-order valence-corrected chi connectivity index (χ3v) is 4.84. The standard InChI is InChI=1S/C17H27ClN4O3/c1-4-25-17(24)8-10-22-14(18)11-19-15(22)5-6-16(23)21-9-7-13(12-21)20(2)3/h11,13H,4-10,12H2,1-3H3. The van der Waals surface area contributed by atoms with Crippen LogP contribution in [0.3, 0.4) is 0 Å². The smallest absolute Gasteiger partial charge is 0.307 e. The normalized spacial score (nSPS) is 17.3. The van der Waals surface area contributed by atoms with E-state index in [1.807, 2.05) is 19.0 Å². The number of hydrogen-bond acceptors (Lipinski definition) is 5. The van der Waals surface area contributed by atoms with Crippen LogP contribution in [0.4, 0.5) is 0 Å². The van der Waals surface area contributed by atoms with E-state index >= 15 is 0 Å². The first-order valence-electron chi connectivity index (χ1n) is 8.72. The molecule has 2 heterocycles. The highest BCUT2D eigenvalue weighted by Crippen LogP contribution is 2.17. The highest BCUT2D eigenvalue weighted by Gasteiger charge is 2.27. The van der Waals surface area contributed by atoms with Gasteiger partial charge in [0.2, 0.25) is 5.91 Å². The van der Waals surface area contributed by atoms with Gasteiger partial charge in [-0.3, -0.25) is 9.59 Å². The van der Waals surface area contributed by atoms with E-state index in [4.69, 9.17) is 16.3 Å². The number of rotatable bonds is 8. The fraction of sp³-hybridized carbons (Fsp3) is 0.706. The number of ether oxygens (including phenoxy) is 1. The Kier molecular flexibility index (Phi) is 7.25. The summed E-state index contributed by atoms with van der Waals surface area (Å²) in [5.41, 5.74) is 0. The van der Waals surface area contributed by atoms with Crippen molar-refractivity contribution in [3.63, 3.8) is 0 Å². The number of likely N-dealkylation sites (tertiary alicyclic amines) is 1. The van der Waals surface area contributed by atoms with Gasteiger partial charge >= 0.3 is 5.97 Å². The van der Waals surface area contributed by atoms with E-state index in [0.717, 1.165) is 25.3 Å². The lowest BCUT2D eigenvalue weighted by Crippen LogP contribution is -2.34. The molecule has 2 rings (SSSR count). The van der Waals surface area contributed by atoms with Crippen LogP contribution in [0.2, 0.25) is 5.15 Å². The minimum Gasteiger partial charge on any atom is -0.466 e. The summed E-state index contributed by atoms with van der Waals surface area (Å²) in [4.78, 5) is 32.3. The number of carbonyl (C=O) groups excluding carboxylic acids is 2. The van der Waals surface area contributed by atoms with Gasteiger partial charge in [-0.15, -0.1) is 0 Å². The highest BCUT2D eigenvalue weighted by atomic mass is 35.5. The van der Waals surface area contributed by atoms with Crippen molar-refractivity contribution in [2.75, 3.05) is 33.8 Å². The van der Waals surface area contributed by atoms with Crippen molar-refractivity contribution in [3.05, 3.63) is 17.2 Å². The number of likely N-dealkylation sites (N-methyl/N-ethyl adjacent to an activating group) is 1. The van der Waals surface area contributed by atoms with Crippen molar-refractivity contribution in [2.45, 2.75) is 45.2 Å². The van der Waals surface area contributed by atoms with E-state index in [0.29, 0.717) is 37.2 Å². The van der Waals surface area contributed by atoms with Gasteiger partial charge in [0.1, 0.15) is 11.0 Å². The molecule has 7 nitrogen and oxygen atoms in total. The molecule has 140 valence electrons. The fourth-order valence-corrected chi connectivity index (χ4v) is 3.26. The largest absolute Gasteiger partial charge is 0.466 e. The summed E-state index contributed by atoms with van der Waals surface area (Å²) in [7, 11) is 4.09. The summed E-state index contributed by atoms with van der Waals surface area (Å²) in [5, 5.41) is 0.473. The molecule has 1 unspecified atom stereocenters. The molecule has 1 aliphatic heterocycles. The Morgan fingerprint density at radius 3 is 2.80 bits per heavy atom. The van der Waals surface area contributed by atoms with E-state index in [-0.39, 0.29) is 18.3 Å². The molecule has 0 aliphatic carbocycles. The molecule has 0 radical (unpaired) electrons. The number of amides is 1. The SMILES string of the molecule is CCOC(=O)CCn1c(Cl)cnc1CCC(=O)N1CCC(N(C)C)C1. The predicted molar refractivity (Wildman–Crippen MR) is 95.5 cm³/mol. The minimum absolute atomic E-state index is 0.139. The van der Waals surface area contributed by atoms with Gasteiger partial charge in [-0.05, 0) is 27.4 Å². The second-order valence-electron chi connectivity index (χ2n) is 6.45. The van der Waals surface area contributed by atoms with Crippen LogP contribution in [0.25, 0.3) is 0 Å². The lowest BCUT2D eigenvalue weighted by molar-refractivity contribution is -0.143. The highest BCUT2D eigenvalue weighted by molar-refractivity contribution is 6.29. The number of hydrogen-bond donors (Lipinski definition) is 0. The van der Waals surface area contributed by atoms with E-state index in [9.17, 15) is 9.59 Å². The van der Waals surface area contributed by atoms with Crippen LogP contribution >= 0.6 is 11.6 Å². The maximum Gasteiger partial charge on any atom is 0.307 e. The summed E-state index contributed by atoms with van der Waals surface area (Å²) in [6.45, 7) is 4.14. The fourth-order valence-electron chi connectivity index (χ4n) is 3.03. The number of imidazole rings is 1. The van der Waals surface area contributed by atoms with Crippen LogP contribution in [0.1, 0.15) is 32.0 Å². The van der Waals surface area contributed by atoms with Crippen molar-refractivity contribution < 1.29 is 14.3 Å². The van der Waals surface area contributed by atoms with Gasteiger partial charge in [0, 0.05) is 38.5 Å². The molecule has 8 heteroatoms. The average Bonchev–Trinajstić information content (AvgIpc) is 3.18. The summed E-state index contributed by atoms with van der Waals surface area (Å²) < 4.78 is 6.71. The summed E-state index contributed by atoms with van der Waals surface area (Å²) in [5.74, 6) is 0.604. The maximum atomic E-state index is 12.4. The summed E-state index contributed by atoms with van der Waals surface area (Å²) in [6.07, 6.45) is 3.72. The number of aromatic nitrogens is 2. The third kappa shape index (κ3) is 5.44. The Morgan fingerprint density at radius 1 is 1.40 bits per heavy atom. The van der Waals surface area contributed by atoms with Gasteiger partial charge in [0.05, 0.1) is 19.2 Å². The van der Waals surface area contributed by atoms with Crippen LogP contribution in [-0.2, 0) is 27.3 Å². The van der Waals surface area contributed by atoms with Gasteiger partial charge in [-0.25, -0.2) is 4.98 Å². The minimum atomic E-state index is -0.263. The first-order valence-corrected chi connectivity index (χ1v) is 9.09. The van der Waals surface area contributed by atoms with Gasteiger partial charge in [0.15, 0.2) is 0 Å². The Labute approximate surface area is 153 Å². The van der Waals surface area contributed by atoms with Crippen molar-refractivity contribution in [1.82, 2.24) is 19.4 Å². The van der Waals surface area contributed by atoms with Gasteiger partial charge in [-0.1, -0.05) is 11.6 Å². The Balaban J connectivity index is 1.86. The Morgan fingerprint density at radius 2 is 2.16 bits per heavy atom. The molecule has 0 saturated carbocycles. The van der Waals surface area contributed by atoms with E-state index in [1.54, 1.807) is 17.7 Å². The van der Waals surface area contributed by atoms with Crippen LogP contribution in [-0.4, -0.2) is 71.1 Å². The quantitative estimate of drug-likeness (QED) is 0.650.